The molecule has 118 valence electrons. The molecule has 2 aromatic carbocycles. The van der Waals surface area contributed by atoms with Crippen molar-refractivity contribution in [3.63, 3.8) is 0 Å². The molecule has 0 aliphatic carbocycles. The van der Waals surface area contributed by atoms with Crippen LogP contribution in [0, 0.1) is 25.2 Å². The number of hydrogen-bond acceptors (Lipinski definition) is 3. The Balaban J connectivity index is 2.32. The number of nitriles is 1. The van der Waals surface area contributed by atoms with Crippen LogP contribution in [0.15, 0.2) is 48.5 Å². The van der Waals surface area contributed by atoms with Gasteiger partial charge in [-0.15, -0.1) is 0 Å². The van der Waals surface area contributed by atoms with E-state index in [1.165, 1.54) is 5.56 Å². The zero-order valence-corrected chi connectivity index (χ0v) is 14.2. The number of nitrogens with two attached hydrogens (primary N) is 1. The molecule has 0 atom stereocenters. The minimum absolute atomic E-state index is 0.230. The SMILES string of the molecule is Cc1ccc(-c2nc(N)c(C#N)c(-c3cccc(Cl)c3)c2C)cc1. The molecule has 0 fully saturated rings. The van der Waals surface area contributed by atoms with E-state index in [0.29, 0.717) is 10.6 Å². The van der Waals surface area contributed by atoms with Crippen LogP contribution in [0.5, 0.6) is 0 Å². The first-order valence-electron chi connectivity index (χ1n) is 7.54. The van der Waals surface area contributed by atoms with Crippen LogP contribution in [0.25, 0.3) is 22.4 Å². The van der Waals surface area contributed by atoms with Crippen molar-refractivity contribution in [2.75, 3.05) is 5.73 Å². The lowest BCUT2D eigenvalue weighted by Gasteiger charge is -2.15. The Bertz CT molecular complexity index is 954. The lowest BCUT2D eigenvalue weighted by Crippen LogP contribution is -2.03. The molecule has 0 amide bonds. The summed E-state index contributed by atoms with van der Waals surface area (Å²) in [4.78, 5) is 4.47. The van der Waals surface area contributed by atoms with Gasteiger partial charge in [-0.25, -0.2) is 4.98 Å². The fourth-order valence-corrected chi connectivity index (χ4v) is 2.99. The number of benzene rings is 2. The van der Waals surface area contributed by atoms with Crippen LogP contribution in [0.2, 0.25) is 5.02 Å². The Hall–Kier alpha value is -2.83. The predicted molar refractivity (Wildman–Crippen MR) is 98.7 cm³/mol. The summed E-state index contributed by atoms with van der Waals surface area (Å²) < 4.78 is 0. The molecule has 0 radical (unpaired) electrons. The monoisotopic (exact) mass is 333 g/mol. The number of aryl methyl sites for hydroxylation is 1. The van der Waals surface area contributed by atoms with Crippen LogP contribution in [0.4, 0.5) is 5.82 Å². The van der Waals surface area contributed by atoms with Crippen LogP contribution in [0.1, 0.15) is 16.7 Å². The highest BCUT2D eigenvalue weighted by molar-refractivity contribution is 6.30. The molecule has 0 spiro atoms. The first kappa shape index (κ1) is 16.0. The number of halogens is 1. The van der Waals surface area contributed by atoms with Crippen LogP contribution >= 0.6 is 11.6 Å². The first-order chi connectivity index (χ1) is 11.5. The quantitative estimate of drug-likeness (QED) is 0.706. The van der Waals surface area contributed by atoms with E-state index in [-0.39, 0.29) is 5.82 Å². The summed E-state index contributed by atoms with van der Waals surface area (Å²) in [7, 11) is 0. The number of aromatic nitrogens is 1. The van der Waals surface area contributed by atoms with Crippen LogP contribution in [-0.4, -0.2) is 4.98 Å². The van der Waals surface area contributed by atoms with E-state index < -0.39 is 0 Å². The van der Waals surface area contributed by atoms with Crippen LogP contribution in [0.3, 0.4) is 0 Å². The molecule has 3 nitrogen and oxygen atoms in total. The zero-order chi connectivity index (χ0) is 17.3. The number of nitrogen functional groups attached to an aromatic ring is 1. The molecule has 0 bridgehead atoms. The largest absolute Gasteiger partial charge is 0.383 e. The summed E-state index contributed by atoms with van der Waals surface area (Å²) in [6, 6.07) is 17.7. The van der Waals surface area contributed by atoms with Crippen molar-refractivity contribution in [2.24, 2.45) is 0 Å². The molecule has 0 saturated carbocycles. The molecular formula is C20H16ClN3. The number of nitrogens with zero attached hydrogens (tertiary/aromatic N) is 2. The first-order valence-corrected chi connectivity index (χ1v) is 7.92. The standard InChI is InChI=1S/C20H16ClN3/c1-12-6-8-14(9-7-12)19-13(2)18(17(11-22)20(23)24-19)15-4-3-5-16(21)10-15/h3-10H,1-2H3,(H2,23,24). The van der Waals surface area contributed by atoms with Crippen molar-refractivity contribution in [3.05, 3.63) is 70.2 Å². The molecule has 3 rings (SSSR count). The summed E-state index contributed by atoms with van der Waals surface area (Å²) in [5.41, 5.74) is 11.9. The molecule has 2 N–H and O–H groups in total. The molecule has 4 heteroatoms. The van der Waals surface area contributed by atoms with Gasteiger partial charge in [0.1, 0.15) is 17.5 Å². The van der Waals surface area contributed by atoms with Crippen molar-refractivity contribution >= 4 is 17.4 Å². The molecule has 3 aromatic rings. The van der Waals surface area contributed by atoms with Gasteiger partial charge in [-0.05, 0) is 37.1 Å². The van der Waals surface area contributed by atoms with Gasteiger partial charge in [-0.3, -0.25) is 0 Å². The van der Waals surface area contributed by atoms with E-state index in [4.69, 9.17) is 17.3 Å². The molecule has 0 unspecified atom stereocenters. The third-order valence-electron chi connectivity index (χ3n) is 4.02. The van der Waals surface area contributed by atoms with Gasteiger partial charge in [0.15, 0.2) is 0 Å². The van der Waals surface area contributed by atoms with Gasteiger partial charge in [0.05, 0.1) is 5.69 Å². The Morgan fingerprint density at radius 3 is 2.38 bits per heavy atom. The van der Waals surface area contributed by atoms with E-state index in [0.717, 1.165) is 27.9 Å². The Morgan fingerprint density at radius 2 is 1.75 bits per heavy atom. The van der Waals surface area contributed by atoms with Gasteiger partial charge in [-0.1, -0.05) is 53.6 Å². The second-order valence-electron chi connectivity index (χ2n) is 5.71. The summed E-state index contributed by atoms with van der Waals surface area (Å²) in [5, 5.41) is 10.2. The van der Waals surface area contributed by atoms with E-state index >= 15 is 0 Å². The van der Waals surface area contributed by atoms with Crippen molar-refractivity contribution in [3.8, 4) is 28.5 Å². The normalized spacial score (nSPS) is 10.4. The Morgan fingerprint density at radius 1 is 1.04 bits per heavy atom. The minimum atomic E-state index is 0.230. The molecule has 24 heavy (non-hydrogen) atoms. The summed E-state index contributed by atoms with van der Waals surface area (Å²) in [6.07, 6.45) is 0. The van der Waals surface area contributed by atoms with Crippen molar-refractivity contribution in [1.29, 1.82) is 5.26 Å². The van der Waals surface area contributed by atoms with Gasteiger partial charge >= 0.3 is 0 Å². The molecule has 0 aliphatic rings. The smallest absolute Gasteiger partial charge is 0.142 e. The predicted octanol–water partition coefficient (Wildman–Crippen LogP) is 5.14. The number of pyridine rings is 1. The highest BCUT2D eigenvalue weighted by Crippen LogP contribution is 2.36. The van der Waals surface area contributed by atoms with Gasteiger partial charge in [0, 0.05) is 16.1 Å². The summed E-state index contributed by atoms with van der Waals surface area (Å²) in [5.74, 6) is 0.230. The summed E-state index contributed by atoms with van der Waals surface area (Å²) >= 11 is 6.13. The third kappa shape index (κ3) is 2.84. The van der Waals surface area contributed by atoms with Gasteiger partial charge in [0.25, 0.3) is 0 Å². The number of rotatable bonds is 2. The highest BCUT2D eigenvalue weighted by atomic mass is 35.5. The lowest BCUT2D eigenvalue weighted by atomic mass is 9.92. The van der Waals surface area contributed by atoms with E-state index in [1.54, 1.807) is 6.07 Å². The molecule has 1 aromatic heterocycles. The Labute approximate surface area is 146 Å². The number of hydrogen-bond donors (Lipinski definition) is 1. The average molecular weight is 334 g/mol. The maximum absolute atomic E-state index is 9.55. The van der Waals surface area contributed by atoms with Crippen LogP contribution in [-0.2, 0) is 0 Å². The second kappa shape index (κ2) is 6.35. The van der Waals surface area contributed by atoms with Crippen LogP contribution < -0.4 is 5.73 Å². The maximum Gasteiger partial charge on any atom is 0.142 e. The molecule has 1 heterocycles. The summed E-state index contributed by atoms with van der Waals surface area (Å²) in [6.45, 7) is 3.99. The molecule has 0 aliphatic heterocycles. The topological polar surface area (TPSA) is 62.7 Å². The average Bonchev–Trinajstić information content (AvgIpc) is 2.57. The van der Waals surface area contributed by atoms with E-state index in [1.807, 2.05) is 56.3 Å². The fraction of sp³-hybridized carbons (Fsp3) is 0.100. The van der Waals surface area contributed by atoms with Crippen molar-refractivity contribution < 1.29 is 0 Å². The fourth-order valence-electron chi connectivity index (χ4n) is 2.80. The van der Waals surface area contributed by atoms with Gasteiger partial charge in [0.2, 0.25) is 0 Å². The second-order valence-corrected chi connectivity index (χ2v) is 6.15. The third-order valence-corrected chi connectivity index (χ3v) is 4.25. The lowest BCUT2D eigenvalue weighted by molar-refractivity contribution is 1.26. The van der Waals surface area contributed by atoms with Gasteiger partial charge in [-0.2, -0.15) is 5.26 Å². The Kier molecular flexibility index (Phi) is 4.24. The number of anilines is 1. The minimum Gasteiger partial charge on any atom is -0.383 e. The maximum atomic E-state index is 9.55. The van der Waals surface area contributed by atoms with Crippen molar-refractivity contribution in [2.45, 2.75) is 13.8 Å². The molecule has 0 saturated heterocycles. The van der Waals surface area contributed by atoms with Crippen molar-refractivity contribution in [1.82, 2.24) is 4.98 Å². The van der Waals surface area contributed by atoms with E-state index in [9.17, 15) is 5.26 Å². The highest BCUT2D eigenvalue weighted by Gasteiger charge is 2.18. The van der Waals surface area contributed by atoms with E-state index in [2.05, 4.69) is 11.1 Å². The zero-order valence-electron chi connectivity index (χ0n) is 13.5. The molecular weight excluding hydrogens is 318 g/mol. The van der Waals surface area contributed by atoms with Gasteiger partial charge < -0.3 is 5.73 Å².